The average molecular weight is 288 g/mol. The lowest BCUT2D eigenvalue weighted by Crippen LogP contribution is -2.22. The van der Waals surface area contributed by atoms with Crippen LogP contribution < -0.4 is 10.7 Å². The molecule has 0 amide bonds. The zero-order valence-corrected chi connectivity index (χ0v) is 11.4. The van der Waals surface area contributed by atoms with Crippen molar-refractivity contribution < 1.29 is 0 Å². The van der Waals surface area contributed by atoms with Gasteiger partial charge in [0.05, 0.1) is 5.71 Å². The normalized spacial score (nSPS) is 13.7. The first kappa shape index (κ1) is 12.1. The van der Waals surface area contributed by atoms with Gasteiger partial charge in [-0.3, -0.25) is 5.43 Å². The van der Waals surface area contributed by atoms with Gasteiger partial charge in [-0.25, -0.2) is 0 Å². The van der Waals surface area contributed by atoms with E-state index in [0.717, 1.165) is 22.5 Å². The predicted octanol–water partition coefficient (Wildman–Crippen LogP) is 3.39. The summed E-state index contributed by atoms with van der Waals surface area (Å²) in [5.74, 6) is 0. The third kappa shape index (κ3) is 2.45. The van der Waals surface area contributed by atoms with E-state index in [-0.39, 0.29) is 0 Å². The summed E-state index contributed by atoms with van der Waals surface area (Å²) in [5, 5.41) is 8.66. The molecule has 94 valence electrons. The molecular formula is C14H10ClN3S. The highest BCUT2D eigenvalue weighted by Gasteiger charge is 2.15. The van der Waals surface area contributed by atoms with Crippen LogP contribution in [0.5, 0.6) is 0 Å². The van der Waals surface area contributed by atoms with Gasteiger partial charge in [-0.05, 0) is 30.4 Å². The Morgan fingerprint density at radius 2 is 1.74 bits per heavy atom. The largest absolute Gasteiger partial charge is 0.331 e. The molecule has 1 heterocycles. The molecule has 1 aliphatic heterocycles. The van der Waals surface area contributed by atoms with Crippen LogP contribution in [0, 0.1) is 0 Å². The fraction of sp³-hybridized carbons (Fsp3) is 0. The Labute approximate surface area is 121 Å². The molecule has 1 aliphatic rings. The van der Waals surface area contributed by atoms with Crippen LogP contribution >= 0.6 is 23.8 Å². The first-order valence-electron chi connectivity index (χ1n) is 5.74. The van der Waals surface area contributed by atoms with Gasteiger partial charge < -0.3 is 5.32 Å². The molecule has 0 radical (unpaired) electrons. The van der Waals surface area contributed by atoms with Crippen molar-refractivity contribution in [3.05, 3.63) is 64.7 Å². The number of para-hydroxylation sites is 1. The third-order valence-corrected chi connectivity index (χ3v) is 3.26. The Morgan fingerprint density at radius 1 is 1.00 bits per heavy atom. The van der Waals surface area contributed by atoms with E-state index in [1.807, 2.05) is 48.5 Å². The molecule has 3 nitrogen and oxygen atoms in total. The molecule has 2 N–H and O–H groups in total. The van der Waals surface area contributed by atoms with Crippen LogP contribution in [0.3, 0.4) is 0 Å². The van der Waals surface area contributed by atoms with Crippen molar-refractivity contribution >= 4 is 40.3 Å². The Balaban J connectivity index is 2.14. The summed E-state index contributed by atoms with van der Waals surface area (Å²) in [6.45, 7) is 0. The van der Waals surface area contributed by atoms with E-state index in [0.29, 0.717) is 10.1 Å². The van der Waals surface area contributed by atoms with Crippen LogP contribution in [-0.4, -0.2) is 10.8 Å². The van der Waals surface area contributed by atoms with Gasteiger partial charge in [0.25, 0.3) is 0 Å². The Hall–Kier alpha value is -1.91. The second-order valence-electron chi connectivity index (χ2n) is 4.08. The van der Waals surface area contributed by atoms with E-state index in [9.17, 15) is 0 Å². The lowest BCUT2D eigenvalue weighted by Gasteiger charge is -2.08. The van der Waals surface area contributed by atoms with Crippen LogP contribution in [0.25, 0.3) is 0 Å². The molecule has 2 aromatic rings. The number of thiocarbonyl (C=S) groups is 1. The van der Waals surface area contributed by atoms with Gasteiger partial charge in [-0.15, -0.1) is 0 Å². The minimum absolute atomic E-state index is 0.483. The number of hydrogen-bond donors (Lipinski definition) is 2. The van der Waals surface area contributed by atoms with Crippen LogP contribution in [0.15, 0.2) is 53.6 Å². The molecule has 0 atom stereocenters. The number of nitrogens with zero attached hydrogens (tertiary/aromatic N) is 1. The van der Waals surface area contributed by atoms with E-state index >= 15 is 0 Å². The van der Waals surface area contributed by atoms with E-state index < -0.39 is 0 Å². The average Bonchev–Trinajstić information content (AvgIpc) is 2.58. The second-order valence-corrected chi connectivity index (χ2v) is 4.92. The van der Waals surface area contributed by atoms with Gasteiger partial charge in [-0.1, -0.05) is 41.9 Å². The zero-order valence-electron chi connectivity index (χ0n) is 9.85. The number of hydrazone groups is 1. The number of rotatable bonds is 1. The monoisotopic (exact) mass is 287 g/mol. The molecule has 0 aromatic heterocycles. The van der Waals surface area contributed by atoms with E-state index in [4.69, 9.17) is 23.8 Å². The highest BCUT2D eigenvalue weighted by atomic mass is 35.5. The van der Waals surface area contributed by atoms with Gasteiger partial charge >= 0.3 is 0 Å². The van der Waals surface area contributed by atoms with E-state index in [1.165, 1.54) is 0 Å². The maximum Gasteiger partial charge on any atom is 0.191 e. The van der Waals surface area contributed by atoms with Crippen molar-refractivity contribution in [2.24, 2.45) is 5.10 Å². The number of anilines is 1. The molecule has 0 spiro atoms. The lowest BCUT2D eigenvalue weighted by molar-refractivity contribution is 1.05. The maximum atomic E-state index is 5.92. The van der Waals surface area contributed by atoms with Crippen LogP contribution in [0.1, 0.15) is 11.1 Å². The molecule has 5 heteroatoms. The highest BCUT2D eigenvalue weighted by Crippen LogP contribution is 2.22. The molecule has 0 aliphatic carbocycles. The molecule has 2 aromatic carbocycles. The maximum absolute atomic E-state index is 5.92. The number of benzene rings is 2. The topological polar surface area (TPSA) is 36.4 Å². The molecule has 0 saturated carbocycles. The summed E-state index contributed by atoms with van der Waals surface area (Å²) < 4.78 is 0. The molecule has 19 heavy (non-hydrogen) atoms. The van der Waals surface area contributed by atoms with Gasteiger partial charge in [0, 0.05) is 21.8 Å². The molecule has 0 bridgehead atoms. The molecular weight excluding hydrogens is 278 g/mol. The van der Waals surface area contributed by atoms with Crippen molar-refractivity contribution in [2.45, 2.75) is 0 Å². The fourth-order valence-corrected chi connectivity index (χ4v) is 2.23. The third-order valence-electron chi connectivity index (χ3n) is 2.82. The van der Waals surface area contributed by atoms with Crippen molar-refractivity contribution in [3.63, 3.8) is 0 Å². The quantitative estimate of drug-likeness (QED) is 0.789. The van der Waals surface area contributed by atoms with Crippen molar-refractivity contribution in [1.29, 1.82) is 0 Å². The fourth-order valence-electron chi connectivity index (χ4n) is 1.94. The van der Waals surface area contributed by atoms with E-state index in [2.05, 4.69) is 15.8 Å². The first-order chi connectivity index (χ1) is 9.24. The van der Waals surface area contributed by atoms with E-state index in [1.54, 1.807) is 0 Å². The number of nitrogens with one attached hydrogen (secondary N) is 2. The molecule has 0 fully saturated rings. The van der Waals surface area contributed by atoms with Gasteiger partial charge in [0.2, 0.25) is 0 Å². The summed E-state index contributed by atoms with van der Waals surface area (Å²) in [4.78, 5) is 0. The highest BCUT2D eigenvalue weighted by molar-refractivity contribution is 7.80. The minimum Gasteiger partial charge on any atom is -0.331 e. The SMILES string of the molecule is S=C1NN=C(c2ccc(Cl)cc2)c2ccccc2N1. The Morgan fingerprint density at radius 3 is 2.53 bits per heavy atom. The van der Waals surface area contributed by atoms with Gasteiger partial charge in [0.1, 0.15) is 0 Å². The lowest BCUT2D eigenvalue weighted by atomic mass is 10.0. The van der Waals surface area contributed by atoms with Crippen LogP contribution in [-0.2, 0) is 0 Å². The number of fused-ring (bicyclic) bond motifs is 1. The number of hydrogen-bond acceptors (Lipinski definition) is 2. The summed E-state index contributed by atoms with van der Waals surface area (Å²) in [6, 6.07) is 15.5. The zero-order chi connectivity index (χ0) is 13.2. The van der Waals surface area contributed by atoms with Crippen molar-refractivity contribution in [1.82, 2.24) is 5.43 Å². The first-order valence-corrected chi connectivity index (χ1v) is 6.53. The second kappa shape index (κ2) is 4.99. The summed E-state index contributed by atoms with van der Waals surface area (Å²) in [5.41, 5.74) is 6.58. The summed E-state index contributed by atoms with van der Waals surface area (Å²) in [7, 11) is 0. The smallest absolute Gasteiger partial charge is 0.191 e. The molecule has 0 unspecified atom stereocenters. The van der Waals surface area contributed by atoms with Gasteiger partial charge in [-0.2, -0.15) is 5.10 Å². The minimum atomic E-state index is 0.483. The van der Waals surface area contributed by atoms with Crippen molar-refractivity contribution in [2.75, 3.05) is 5.32 Å². The van der Waals surface area contributed by atoms with Crippen LogP contribution in [0.2, 0.25) is 5.02 Å². The Kier molecular flexibility index (Phi) is 3.19. The Bertz CT molecular complexity index is 665. The number of halogens is 1. The van der Waals surface area contributed by atoms with Gasteiger partial charge in [0.15, 0.2) is 5.11 Å². The summed E-state index contributed by atoms with van der Waals surface area (Å²) in [6.07, 6.45) is 0. The standard InChI is InChI=1S/C14H10ClN3S/c15-10-7-5-9(6-8-10)13-11-3-1-2-4-12(11)16-14(19)18-17-13/h1-8H,(H2,16,18,19). The molecule has 3 rings (SSSR count). The van der Waals surface area contributed by atoms with Crippen molar-refractivity contribution in [3.8, 4) is 0 Å². The molecule has 0 saturated heterocycles. The predicted molar refractivity (Wildman–Crippen MR) is 82.9 cm³/mol. The van der Waals surface area contributed by atoms with Crippen LogP contribution in [0.4, 0.5) is 5.69 Å². The summed E-state index contributed by atoms with van der Waals surface area (Å²) >= 11 is 11.1.